The van der Waals surface area contributed by atoms with Crippen molar-refractivity contribution in [3.8, 4) is 0 Å². The lowest BCUT2D eigenvalue weighted by molar-refractivity contribution is -0.136. The summed E-state index contributed by atoms with van der Waals surface area (Å²) < 4.78 is 0. The minimum absolute atomic E-state index is 0.0412. The Hall–Kier alpha value is -1.41. The fourth-order valence-electron chi connectivity index (χ4n) is 0.973. The van der Waals surface area contributed by atoms with E-state index in [1.165, 1.54) is 6.07 Å². The molecule has 74 valence electrons. The van der Waals surface area contributed by atoms with E-state index in [9.17, 15) is 9.59 Å². The zero-order valence-electron chi connectivity index (χ0n) is 7.30. The van der Waals surface area contributed by atoms with Gasteiger partial charge in [0.1, 0.15) is 0 Å². The van der Waals surface area contributed by atoms with Crippen LogP contribution in [0.15, 0.2) is 18.2 Å². The molecule has 5 heteroatoms. The Morgan fingerprint density at radius 3 is 2.57 bits per heavy atom. The largest absolute Gasteiger partial charge is 0.481 e. The summed E-state index contributed by atoms with van der Waals surface area (Å²) >= 11 is 0. The highest BCUT2D eigenvalue weighted by molar-refractivity contribution is 7.33. The SMILES string of the molecule is O=C(O)CCc1cccc(C(=O)O)p1. The van der Waals surface area contributed by atoms with Crippen LogP contribution in [0.4, 0.5) is 0 Å². The topological polar surface area (TPSA) is 74.6 Å². The summed E-state index contributed by atoms with van der Waals surface area (Å²) in [7, 11) is 0.601. The van der Waals surface area contributed by atoms with Crippen molar-refractivity contribution in [2.75, 3.05) is 0 Å². The third kappa shape index (κ3) is 3.15. The van der Waals surface area contributed by atoms with Gasteiger partial charge in [-0.15, -0.1) is 0 Å². The van der Waals surface area contributed by atoms with Crippen LogP contribution in [0.3, 0.4) is 0 Å². The van der Waals surface area contributed by atoms with E-state index in [1.807, 2.05) is 0 Å². The van der Waals surface area contributed by atoms with Crippen molar-refractivity contribution < 1.29 is 19.8 Å². The van der Waals surface area contributed by atoms with Gasteiger partial charge in [0.15, 0.2) is 0 Å². The molecule has 1 heterocycles. The number of hydrogen-bond acceptors (Lipinski definition) is 2. The highest BCUT2D eigenvalue weighted by Crippen LogP contribution is 2.21. The van der Waals surface area contributed by atoms with Crippen LogP contribution < -0.4 is 0 Å². The third-order valence-electron chi connectivity index (χ3n) is 1.62. The molecular formula is C9H9O4P. The summed E-state index contributed by atoms with van der Waals surface area (Å²) in [6.45, 7) is 0. The van der Waals surface area contributed by atoms with Crippen molar-refractivity contribution in [3.63, 3.8) is 0 Å². The van der Waals surface area contributed by atoms with E-state index < -0.39 is 11.9 Å². The van der Waals surface area contributed by atoms with Crippen LogP contribution in [0.25, 0.3) is 0 Å². The molecule has 0 aliphatic heterocycles. The minimum atomic E-state index is -0.955. The Balaban J connectivity index is 2.73. The Kier molecular flexibility index (Phi) is 3.60. The van der Waals surface area contributed by atoms with Crippen molar-refractivity contribution in [2.24, 2.45) is 0 Å². The van der Waals surface area contributed by atoms with Crippen molar-refractivity contribution in [3.05, 3.63) is 28.8 Å². The molecule has 1 rings (SSSR count). The van der Waals surface area contributed by atoms with E-state index in [1.54, 1.807) is 12.1 Å². The third-order valence-corrected chi connectivity index (χ3v) is 2.86. The van der Waals surface area contributed by atoms with Crippen LogP contribution >= 0.6 is 8.19 Å². The first-order chi connectivity index (χ1) is 6.59. The number of aromatic carboxylic acids is 1. The lowest BCUT2D eigenvalue weighted by atomic mass is 10.2. The number of hydrogen-bond donors (Lipinski definition) is 2. The van der Waals surface area contributed by atoms with Gasteiger partial charge in [0.2, 0.25) is 0 Å². The van der Waals surface area contributed by atoms with Gasteiger partial charge < -0.3 is 10.2 Å². The van der Waals surface area contributed by atoms with Gasteiger partial charge in [-0.2, -0.15) is 0 Å². The van der Waals surface area contributed by atoms with Gasteiger partial charge in [0, 0.05) is 6.42 Å². The molecule has 0 saturated heterocycles. The van der Waals surface area contributed by atoms with Gasteiger partial charge >= 0.3 is 11.9 Å². The molecule has 0 atom stereocenters. The molecule has 2 N–H and O–H groups in total. The molecule has 1 aromatic rings. The molecule has 0 aliphatic rings. The molecule has 0 bridgehead atoms. The second-order valence-electron chi connectivity index (χ2n) is 2.71. The molecule has 0 amide bonds. The highest BCUT2D eigenvalue weighted by Gasteiger charge is 2.05. The predicted molar refractivity (Wildman–Crippen MR) is 51.9 cm³/mol. The number of aryl methyl sites for hydroxylation is 1. The molecule has 0 fully saturated rings. The molecule has 1 aromatic heterocycles. The maximum absolute atomic E-state index is 10.6. The van der Waals surface area contributed by atoms with Gasteiger partial charge in [0.25, 0.3) is 0 Å². The molecule has 4 nitrogen and oxygen atoms in total. The fourth-order valence-corrected chi connectivity index (χ4v) is 1.92. The van der Waals surface area contributed by atoms with Crippen LogP contribution in [0, 0.1) is 0 Å². The van der Waals surface area contributed by atoms with E-state index in [4.69, 9.17) is 10.2 Å². The Bertz CT molecular complexity index is 362. The average molecular weight is 212 g/mol. The van der Waals surface area contributed by atoms with Gasteiger partial charge in [-0.05, 0) is 17.8 Å². The summed E-state index contributed by atoms with van der Waals surface area (Å²) in [5.41, 5.74) is 0. The Morgan fingerprint density at radius 2 is 2.00 bits per heavy atom. The van der Waals surface area contributed by atoms with E-state index in [0.717, 1.165) is 5.30 Å². The van der Waals surface area contributed by atoms with Crippen LogP contribution in [-0.4, -0.2) is 22.2 Å². The van der Waals surface area contributed by atoms with Crippen LogP contribution in [0.5, 0.6) is 0 Å². The molecule has 0 unspecified atom stereocenters. The van der Waals surface area contributed by atoms with Crippen molar-refractivity contribution >= 4 is 20.1 Å². The molecule has 0 aromatic carbocycles. The zero-order valence-corrected chi connectivity index (χ0v) is 8.20. The second-order valence-corrected chi connectivity index (χ2v) is 3.99. The van der Waals surface area contributed by atoms with Gasteiger partial charge in [-0.25, -0.2) is 4.79 Å². The van der Waals surface area contributed by atoms with Gasteiger partial charge in [-0.1, -0.05) is 20.3 Å². The zero-order chi connectivity index (χ0) is 10.6. The number of rotatable bonds is 4. The van der Waals surface area contributed by atoms with Crippen molar-refractivity contribution in [2.45, 2.75) is 12.8 Å². The first-order valence-electron chi connectivity index (χ1n) is 4.00. The lowest BCUT2D eigenvalue weighted by Crippen LogP contribution is -1.97. The quantitative estimate of drug-likeness (QED) is 0.800. The second kappa shape index (κ2) is 4.72. The fraction of sp³-hybridized carbons (Fsp3) is 0.222. The van der Waals surface area contributed by atoms with Crippen LogP contribution in [-0.2, 0) is 11.2 Å². The summed E-state index contributed by atoms with van der Waals surface area (Å²) in [5.74, 6) is -1.82. The minimum Gasteiger partial charge on any atom is -0.481 e. The highest BCUT2D eigenvalue weighted by atomic mass is 31.0. The molecule has 0 saturated carbocycles. The average Bonchev–Trinajstić information content (AvgIpc) is 2.15. The lowest BCUT2D eigenvalue weighted by Gasteiger charge is -1.99. The number of carboxylic acid groups (broad SMARTS) is 2. The number of carboxylic acids is 2. The first kappa shape index (κ1) is 10.7. The van der Waals surface area contributed by atoms with Gasteiger partial charge in [-0.3, -0.25) is 4.79 Å². The summed E-state index contributed by atoms with van der Waals surface area (Å²) in [6.07, 6.45) is 0.442. The van der Waals surface area contributed by atoms with E-state index >= 15 is 0 Å². The van der Waals surface area contributed by atoms with E-state index in [0.29, 0.717) is 14.6 Å². The summed E-state index contributed by atoms with van der Waals surface area (Å²) in [6, 6.07) is 4.92. The van der Waals surface area contributed by atoms with Crippen molar-refractivity contribution in [1.82, 2.24) is 0 Å². The Labute approximate surface area is 82.3 Å². The molecule has 0 spiro atoms. The molecular weight excluding hydrogens is 203 g/mol. The molecule has 0 aliphatic carbocycles. The van der Waals surface area contributed by atoms with E-state index in [2.05, 4.69) is 0 Å². The maximum Gasteiger partial charge on any atom is 0.340 e. The van der Waals surface area contributed by atoms with Crippen LogP contribution in [0.1, 0.15) is 21.8 Å². The number of aliphatic carboxylic acids is 1. The molecule has 14 heavy (non-hydrogen) atoms. The van der Waals surface area contributed by atoms with Crippen molar-refractivity contribution in [1.29, 1.82) is 0 Å². The monoisotopic (exact) mass is 212 g/mol. The van der Waals surface area contributed by atoms with E-state index in [-0.39, 0.29) is 11.7 Å². The van der Waals surface area contributed by atoms with Crippen LogP contribution in [0.2, 0.25) is 0 Å². The Morgan fingerprint density at radius 1 is 1.29 bits per heavy atom. The first-order valence-corrected chi connectivity index (χ1v) is 4.90. The standard InChI is InChI=1S/C9H9O4P/c10-8(11)5-4-6-2-1-3-7(14-6)9(12)13/h1-3H,4-5H2,(H,10,11)(H,12,13). The summed E-state index contributed by atoms with van der Waals surface area (Å²) in [5, 5.41) is 18.3. The maximum atomic E-state index is 10.6. The summed E-state index contributed by atoms with van der Waals surface area (Å²) in [4.78, 5) is 20.9. The number of carbonyl (C=O) groups is 2. The molecule has 0 radical (unpaired) electrons. The normalized spacial score (nSPS) is 10.3. The van der Waals surface area contributed by atoms with Gasteiger partial charge in [0.05, 0.1) is 5.30 Å². The smallest absolute Gasteiger partial charge is 0.340 e. The predicted octanol–water partition coefficient (Wildman–Crippen LogP) is 1.98.